The molecule has 0 saturated heterocycles. The first-order valence-electron chi connectivity index (χ1n) is 4.52. The lowest BCUT2D eigenvalue weighted by molar-refractivity contribution is 0.281. The fraction of sp³-hybridized carbons (Fsp3) is 0.300. The predicted molar refractivity (Wildman–Crippen MR) is 57.8 cm³/mol. The minimum atomic E-state index is 0.0547. The molecule has 1 heterocycles. The van der Waals surface area contributed by atoms with Gasteiger partial charge in [-0.05, 0) is 18.6 Å². The topological polar surface area (TPSA) is 42.2 Å². The van der Waals surface area contributed by atoms with E-state index in [0.717, 1.165) is 10.1 Å². The van der Waals surface area contributed by atoms with Crippen LogP contribution in [0.1, 0.15) is 6.42 Å². The van der Waals surface area contributed by atoms with Gasteiger partial charge in [-0.1, -0.05) is 23.7 Å². The summed E-state index contributed by atoms with van der Waals surface area (Å²) in [5.41, 5.74) is 0.0547. The molecule has 0 bridgehead atoms. The zero-order valence-electron chi connectivity index (χ0n) is 7.64. The van der Waals surface area contributed by atoms with E-state index in [-0.39, 0.29) is 12.2 Å². The van der Waals surface area contributed by atoms with Gasteiger partial charge in [-0.3, -0.25) is 8.75 Å². The monoisotopic (exact) mass is 209 g/mol. The Morgan fingerprint density at radius 3 is 2.86 bits per heavy atom. The van der Waals surface area contributed by atoms with Crippen LogP contribution in [-0.2, 0) is 6.54 Å². The normalized spacial score (nSPS) is 10.9. The highest BCUT2D eigenvalue weighted by Gasteiger charge is 2.05. The molecule has 0 aliphatic heterocycles. The maximum Gasteiger partial charge on any atom is 0.268 e. The van der Waals surface area contributed by atoms with Gasteiger partial charge in [-0.15, -0.1) is 0 Å². The summed E-state index contributed by atoms with van der Waals surface area (Å²) in [6, 6.07) is 7.57. The van der Waals surface area contributed by atoms with E-state index in [0.29, 0.717) is 13.0 Å². The molecule has 14 heavy (non-hydrogen) atoms. The Kier molecular flexibility index (Phi) is 2.65. The Bertz CT molecular complexity index is 486. The van der Waals surface area contributed by atoms with Crippen molar-refractivity contribution < 1.29 is 5.11 Å². The minimum absolute atomic E-state index is 0.0547. The Hall–Kier alpha value is -1.13. The summed E-state index contributed by atoms with van der Waals surface area (Å²) in [7, 11) is 0. The lowest BCUT2D eigenvalue weighted by Crippen LogP contribution is -2.13. The van der Waals surface area contributed by atoms with Crippen LogP contribution in [-0.4, -0.2) is 15.7 Å². The number of nitrogens with zero attached hydrogens (tertiary/aromatic N) is 1. The Labute approximate surface area is 85.4 Å². The second-order valence-electron chi connectivity index (χ2n) is 3.07. The van der Waals surface area contributed by atoms with Crippen molar-refractivity contribution in [3.05, 3.63) is 34.6 Å². The molecule has 0 amide bonds. The maximum atomic E-state index is 11.7. The molecule has 4 heteroatoms. The smallest absolute Gasteiger partial charge is 0.268 e. The van der Waals surface area contributed by atoms with Crippen LogP contribution in [0.15, 0.2) is 29.1 Å². The average Bonchev–Trinajstić information content (AvgIpc) is 2.54. The van der Waals surface area contributed by atoms with E-state index in [1.807, 2.05) is 24.3 Å². The van der Waals surface area contributed by atoms with Crippen molar-refractivity contribution in [2.45, 2.75) is 13.0 Å². The third kappa shape index (κ3) is 1.58. The number of fused-ring (bicyclic) bond motifs is 1. The number of aliphatic hydroxyl groups is 1. The molecule has 2 aromatic rings. The molecule has 0 atom stereocenters. The van der Waals surface area contributed by atoms with Crippen molar-refractivity contribution in [2.24, 2.45) is 0 Å². The van der Waals surface area contributed by atoms with Crippen molar-refractivity contribution in [1.29, 1.82) is 0 Å². The van der Waals surface area contributed by atoms with E-state index in [2.05, 4.69) is 0 Å². The van der Waals surface area contributed by atoms with Gasteiger partial charge in [0.25, 0.3) is 5.56 Å². The van der Waals surface area contributed by atoms with Gasteiger partial charge in [-0.25, -0.2) is 0 Å². The van der Waals surface area contributed by atoms with Gasteiger partial charge in [-0.2, -0.15) is 0 Å². The molecule has 0 spiro atoms. The highest BCUT2D eigenvalue weighted by molar-refractivity contribution is 7.13. The summed E-state index contributed by atoms with van der Waals surface area (Å²) in [6.07, 6.45) is 0.632. The quantitative estimate of drug-likeness (QED) is 0.831. The van der Waals surface area contributed by atoms with Crippen LogP contribution in [0.2, 0.25) is 0 Å². The van der Waals surface area contributed by atoms with Crippen LogP contribution in [0, 0.1) is 0 Å². The second kappa shape index (κ2) is 3.94. The summed E-state index contributed by atoms with van der Waals surface area (Å²) in [5.74, 6) is 0. The van der Waals surface area contributed by atoms with E-state index in [1.54, 1.807) is 3.96 Å². The molecular weight excluding hydrogens is 198 g/mol. The zero-order chi connectivity index (χ0) is 9.97. The van der Waals surface area contributed by atoms with Crippen molar-refractivity contribution in [1.82, 2.24) is 3.96 Å². The molecule has 74 valence electrons. The summed E-state index contributed by atoms with van der Waals surface area (Å²) in [5, 5.41) is 9.46. The van der Waals surface area contributed by atoms with Gasteiger partial charge in [0.05, 0.1) is 10.1 Å². The molecule has 1 N–H and O–H groups in total. The third-order valence-electron chi connectivity index (χ3n) is 2.07. The zero-order valence-corrected chi connectivity index (χ0v) is 8.46. The lowest BCUT2D eigenvalue weighted by atomic mass is 10.3. The fourth-order valence-corrected chi connectivity index (χ4v) is 2.41. The Morgan fingerprint density at radius 1 is 1.36 bits per heavy atom. The van der Waals surface area contributed by atoms with Crippen LogP contribution in [0.5, 0.6) is 0 Å². The SMILES string of the molecule is O=c1c2ccccc2sn1CCCO. The molecule has 2 rings (SSSR count). The van der Waals surface area contributed by atoms with Crippen LogP contribution in [0.25, 0.3) is 10.1 Å². The van der Waals surface area contributed by atoms with Crippen molar-refractivity contribution >= 4 is 21.6 Å². The van der Waals surface area contributed by atoms with Crippen molar-refractivity contribution in [3.63, 3.8) is 0 Å². The van der Waals surface area contributed by atoms with Gasteiger partial charge in [0.1, 0.15) is 0 Å². The van der Waals surface area contributed by atoms with Gasteiger partial charge in [0.2, 0.25) is 0 Å². The summed E-state index contributed by atoms with van der Waals surface area (Å²) < 4.78 is 2.70. The number of rotatable bonds is 3. The highest BCUT2D eigenvalue weighted by Crippen LogP contribution is 2.15. The third-order valence-corrected chi connectivity index (χ3v) is 3.19. The molecule has 0 fully saturated rings. The van der Waals surface area contributed by atoms with E-state index >= 15 is 0 Å². The molecule has 0 radical (unpaired) electrons. The van der Waals surface area contributed by atoms with E-state index in [9.17, 15) is 4.79 Å². The molecule has 1 aromatic carbocycles. The number of hydrogen-bond acceptors (Lipinski definition) is 3. The minimum Gasteiger partial charge on any atom is -0.396 e. The average molecular weight is 209 g/mol. The fourth-order valence-electron chi connectivity index (χ4n) is 1.38. The molecule has 0 aliphatic rings. The molecular formula is C10H11NO2S. The standard InChI is InChI=1S/C10H11NO2S/c12-7-3-6-11-10(13)8-4-1-2-5-9(8)14-11/h1-2,4-5,12H,3,6-7H2. The number of benzene rings is 1. The van der Waals surface area contributed by atoms with Gasteiger partial charge in [0, 0.05) is 13.2 Å². The van der Waals surface area contributed by atoms with Crippen LogP contribution >= 0.6 is 11.5 Å². The van der Waals surface area contributed by atoms with Crippen LogP contribution in [0.3, 0.4) is 0 Å². The Morgan fingerprint density at radius 2 is 2.14 bits per heavy atom. The first-order chi connectivity index (χ1) is 6.83. The number of aromatic nitrogens is 1. The second-order valence-corrected chi connectivity index (χ2v) is 4.14. The molecule has 0 unspecified atom stereocenters. The number of aliphatic hydroxyl groups excluding tert-OH is 1. The molecule has 0 saturated carbocycles. The lowest BCUT2D eigenvalue weighted by Gasteiger charge is -1.95. The van der Waals surface area contributed by atoms with E-state index in [1.165, 1.54) is 11.5 Å². The molecule has 1 aromatic heterocycles. The molecule has 3 nitrogen and oxygen atoms in total. The van der Waals surface area contributed by atoms with Crippen LogP contribution < -0.4 is 5.56 Å². The summed E-state index contributed by atoms with van der Waals surface area (Å²) in [4.78, 5) is 11.7. The van der Waals surface area contributed by atoms with Gasteiger partial charge < -0.3 is 5.11 Å². The first-order valence-corrected chi connectivity index (χ1v) is 5.30. The summed E-state index contributed by atoms with van der Waals surface area (Å²) in [6.45, 7) is 0.732. The number of aryl methyl sites for hydroxylation is 1. The van der Waals surface area contributed by atoms with Gasteiger partial charge in [0.15, 0.2) is 0 Å². The van der Waals surface area contributed by atoms with E-state index < -0.39 is 0 Å². The highest BCUT2D eigenvalue weighted by atomic mass is 32.1. The Balaban J connectivity index is 2.47. The molecule has 0 aliphatic carbocycles. The van der Waals surface area contributed by atoms with Crippen molar-refractivity contribution in [2.75, 3.05) is 6.61 Å². The van der Waals surface area contributed by atoms with Crippen LogP contribution in [0.4, 0.5) is 0 Å². The maximum absolute atomic E-state index is 11.7. The first kappa shape index (κ1) is 9.43. The number of hydrogen-bond donors (Lipinski definition) is 1. The van der Waals surface area contributed by atoms with Crippen molar-refractivity contribution in [3.8, 4) is 0 Å². The largest absolute Gasteiger partial charge is 0.396 e. The van der Waals surface area contributed by atoms with E-state index in [4.69, 9.17) is 5.11 Å². The predicted octanol–water partition coefficient (Wildman–Crippen LogP) is 1.45. The summed E-state index contributed by atoms with van der Waals surface area (Å²) >= 11 is 1.46. The van der Waals surface area contributed by atoms with Gasteiger partial charge >= 0.3 is 0 Å².